The summed E-state index contributed by atoms with van der Waals surface area (Å²) in [6, 6.07) is 10.3. The van der Waals surface area contributed by atoms with Crippen LogP contribution in [0.3, 0.4) is 0 Å². The Morgan fingerprint density at radius 1 is 1.28 bits per heavy atom. The number of halogens is 1. The molecule has 1 amide bonds. The Hall–Kier alpha value is -1.68. The van der Waals surface area contributed by atoms with Gasteiger partial charge in [-0.15, -0.1) is 11.3 Å². The van der Waals surface area contributed by atoms with Crippen molar-refractivity contribution in [3.63, 3.8) is 0 Å². The fourth-order valence-electron chi connectivity index (χ4n) is 1.64. The van der Waals surface area contributed by atoms with E-state index in [1.165, 1.54) is 12.1 Å². The van der Waals surface area contributed by atoms with Gasteiger partial charge in [0.05, 0.1) is 6.54 Å². The molecule has 2 rings (SSSR count). The zero-order valence-corrected chi connectivity index (χ0v) is 10.7. The second kappa shape index (κ2) is 6.31. The van der Waals surface area contributed by atoms with Gasteiger partial charge in [-0.3, -0.25) is 4.79 Å². The van der Waals surface area contributed by atoms with E-state index in [9.17, 15) is 9.18 Å². The van der Waals surface area contributed by atoms with Crippen LogP contribution in [-0.2, 0) is 17.8 Å². The van der Waals surface area contributed by atoms with Crippen LogP contribution in [0.25, 0.3) is 0 Å². The molecule has 0 aliphatic heterocycles. The van der Waals surface area contributed by atoms with E-state index in [0.29, 0.717) is 19.4 Å². The zero-order chi connectivity index (χ0) is 12.8. The van der Waals surface area contributed by atoms with Gasteiger partial charge in [0, 0.05) is 11.3 Å². The van der Waals surface area contributed by atoms with Crippen molar-refractivity contribution in [1.82, 2.24) is 5.32 Å². The molecule has 0 fully saturated rings. The average Bonchev–Trinajstić information content (AvgIpc) is 2.87. The number of rotatable bonds is 5. The maximum atomic E-state index is 12.9. The molecule has 0 aliphatic rings. The molecule has 0 radical (unpaired) electrons. The van der Waals surface area contributed by atoms with Crippen LogP contribution in [0, 0.1) is 5.82 Å². The molecule has 1 N–H and O–H groups in total. The predicted molar refractivity (Wildman–Crippen MR) is 70.9 cm³/mol. The minimum Gasteiger partial charge on any atom is -0.351 e. The lowest BCUT2D eigenvalue weighted by molar-refractivity contribution is -0.121. The van der Waals surface area contributed by atoms with Gasteiger partial charge in [-0.2, -0.15) is 0 Å². The molecule has 2 aromatic rings. The highest BCUT2D eigenvalue weighted by atomic mass is 32.1. The quantitative estimate of drug-likeness (QED) is 0.882. The lowest BCUT2D eigenvalue weighted by Crippen LogP contribution is -2.22. The fraction of sp³-hybridized carbons (Fsp3) is 0.214. The first-order chi connectivity index (χ1) is 8.74. The molecule has 2 nitrogen and oxygen atoms in total. The summed E-state index contributed by atoms with van der Waals surface area (Å²) in [5, 5.41) is 4.83. The van der Waals surface area contributed by atoms with E-state index in [2.05, 4.69) is 5.32 Å². The fourth-order valence-corrected chi connectivity index (χ4v) is 2.28. The summed E-state index contributed by atoms with van der Waals surface area (Å²) in [6.07, 6.45) is 0.947. The number of carbonyl (C=O) groups excluding carboxylic acids is 1. The molecule has 18 heavy (non-hydrogen) atoms. The van der Waals surface area contributed by atoms with E-state index in [1.54, 1.807) is 17.4 Å². The van der Waals surface area contributed by atoms with Crippen molar-refractivity contribution in [1.29, 1.82) is 0 Å². The molecule has 4 heteroatoms. The van der Waals surface area contributed by atoms with Gasteiger partial charge >= 0.3 is 0 Å². The monoisotopic (exact) mass is 263 g/mol. The summed E-state index contributed by atoms with van der Waals surface area (Å²) in [4.78, 5) is 12.7. The van der Waals surface area contributed by atoms with Crippen LogP contribution in [0.4, 0.5) is 4.39 Å². The summed E-state index contributed by atoms with van der Waals surface area (Å²) >= 11 is 1.62. The van der Waals surface area contributed by atoms with Crippen molar-refractivity contribution in [3.8, 4) is 0 Å². The SMILES string of the molecule is O=C(CCc1cccc(F)c1)NCc1cccs1. The van der Waals surface area contributed by atoms with Crippen LogP contribution in [0.5, 0.6) is 0 Å². The Bertz CT molecular complexity index is 510. The van der Waals surface area contributed by atoms with E-state index in [0.717, 1.165) is 10.4 Å². The Kier molecular flexibility index (Phi) is 4.47. The highest BCUT2D eigenvalue weighted by Crippen LogP contribution is 2.08. The second-order valence-corrected chi connectivity index (χ2v) is 5.02. The van der Waals surface area contributed by atoms with Crippen molar-refractivity contribution in [2.75, 3.05) is 0 Å². The van der Waals surface area contributed by atoms with Crippen molar-refractivity contribution in [2.24, 2.45) is 0 Å². The lowest BCUT2D eigenvalue weighted by atomic mass is 10.1. The van der Waals surface area contributed by atoms with Crippen molar-refractivity contribution in [3.05, 3.63) is 58.0 Å². The molecule has 0 aliphatic carbocycles. The van der Waals surface area contributed by atoms with Crippen molar-refractivity contribution in [2.45, 2.75) is 19.4 Å². The number of thiophene rings is 1. The molecule has 0 bridgehead atoms. The van der Waals surface area contributed by atoms with Gasteiger partial charge in [-0.1, -0.05) is 18.2 Å². The van der Waals surface area contributed by atoms with Gasteiger partial charge in [0.25, 0.3) is 0 Å². The smallest absolute Gasteiger partial charge is 0.220 e. The maximum Gasteiger partial charge on any atom is 0.220 e. The summed E-state index contributed by atoms with van der Waals surface area (Å²) in [6.45, 7) is 0.569. The van der Waals surface area contributed by atoms with E-state index >= 15 is 0 Å². The Morgan fingerprint density at radius 3 is 2.89 bits per heavy atom. The van der Waals surface area contributed by atoms with Gasteiger partial charge < -0.3 is 5.32 Å². The predicted octanol–water partition coefficient (Wildman–Crippen LogP) is 3.14. The molecule has 0 unspecified atom stereocenters. The molecular weight excluding hydrogens is 249 g/mol. The topological polar surface area (TPSA) is 29.1 Å². The third-order valence-electron chi connectivity index (χ3n) is 2.57. The highest BCUT2D eigenvalue weighted by Gasteiger charge is 2.03. The minimum absolute atomic E-state index is 0.00680. The third kappa shape index (κ3) is 3.96. The minimum atomic E-state index is -0.258. The Balaban J connectivity index is 1.75. The number of benzene rings is 1. The second-order valence-electron chi connectivity index (χ2n) is 3.99. The zero-order valence-electron chi connectivity index (χ0n) is 9.86. The summed E-state index contributed by atoms with van der Waals surface area (Å²) < 4.78 is 12.9. The van der Waals surface area contributed by atoms with Crippen LogP contribution >= 0.6 is 11.3 Å². The Labute approximate surface area is 109 Å². The highest BCUT2D eigenvalue weighted by molar-refractivity contribution is 7.09. The van der Waals surface area contributed by atoms with Gasteiger partial charge in [0.1, 0.15) is 5.82 Å². The third-order valence-corrected chi connectivity index (χ3v) is 3.45. The lowest BCUT2D eigenvalue weighted by Gasteiger charge is -2.04. The van der Waals surface area contributed by atoms with E-state index in [-0.39, 0.29) is 11.7 Å². The molecule has 94 valence electrons. The molecule has 0 spiro atoms. The van der Waals surface area contributed by atoms with Crippen LogP contribution in [0.2, 0.25) is 0 Å². The number of amides is 1. The molecule has 0 saturated heterocycles. The summed E-state index contributed by atoms with van der Waals surface area (Å²) in [7, 11) is 0. The van der Waals surface area contributed by atoms with Crippen LogP contribution < -0.4 is 5.32 Å². The maximum absolute atomic E-state index is 12.9. The summed E-state index contributed by atoms with van der Waals surface area (Å²) in [5.74, 6) is -0.265. The average molecular weight is 263 g/mol. The standard InChI is InChI=1S/C14H14FNOS/c15-12-4-1-3-11(9-12)6-7-14(17)16-10-13-5-2-8-18-13/h1-5,8-9H,6-7,10H2,(H,16,17). The van der Waals surface area contributed by atoms with E-state index in [4.69, 9.17) is 0 Å². The largest absolute Gasteiger partial charge is 0.351 e. The molecular formula is C14H14FNOS. The summed E-state index contributed by atoms with van der Waals surface area (Å²) in [5.41, 5.74) is 0.848. The number of aryl methyl sites for hydroxylation is 1. The molecule has 0 saturated carbocycles. The van der Waals surface area contributed by atoms with Gasteiger partial charge in [0.15, 0.2) is 0 Å². The normalized spacial score (nSPS) is 10.3. The first-order valence-corrected chi connectivity index (χ1v) is 6.65. The molecule has 1 aromatic carbocycles. The van der Waals surface area contributed by atoms with Gasteiger partial charge in [-0.25, -0.2) is 4.39 Å². The molecule has 1 heterocycles. The van der Waals surface area contributed by atoms with Crippen molar-refractivity contribution < 1.29 is 9.18 Å². The van der Waals surface area contributed by atoms with Crippen molar-refractivity contribution >= 4 is 17.2 Å². The molecule has 0 atom stereocenters. The number of hydrogen-bond acceptors (Lipinski definition) is 2. The van der Waals surface area contributed by atoms with Gasteiger partial charge in [-0.05, 0) is 35.6 Å². The van der Waals surface area contributed by atoms with Crippen LogP contribution in [0.15, 0.2) is 41.8 Å². The Morgan fingerprint density at radius 2 is 2.17 bits per heavy atom. The van der Waals surface area contributed by atoms with Crippen LogP contribution in [0.1, 0.15) is 16.9 Å². The molecule has 1 aromatic heterocycles. The first-order valence-electron chi connectivity index (χ1n) is 5.77. The number of hydrogen-bond donors (Lipinski definition) is 1. The van der Waals surface area contributed by atoms with E-state index < -0.39 is 0 Å². The van der Waals surface area contributed by atoms with E-state index in [1.807, 2.05) is 23.6 Å². The number of nitrogens with one attached hydrogen (secondary N) is 1. The van der Waals surface area contributed by atoms with Crippen LogP contribution in [-0.4, -0.2) is 5.91 Å². The first kappa shape index (κ1) is 12.8. The van der Waals surface area contributed by atoms with Gasteiger partial charge in [0.2, 0.25) is 5.91 Å². The number of carbonyl (C=O) groups is 1.